The van der Waals surface area contributed by atoms with Crippen molar-refractivity contribution in [1.29, 1.82) is 0 Å². The van der Waals surface area contributed by atoms with Crippen LogP contribution in [0.3, 0.4) is 0 Å². The van der Waals surface area contributed by atoms with Crippen molar-refractivity contribution in [1.82, 2.24) is 9.97 Å². The maximum absolute atomic E-state index is 9.03. The highest BCUT2D eigenvalue weighted by atomic mass is 16.3. The first kappa shape index (κ1) is 8.25. The Hall–Kier alpha value is -1.36. The van der Waals surface area contributed by atoms with Gasteiger partial charge in [0.2, 0.25) is 5.95 Å². The molecule has 70 valence electrons. The van der Waals surface area contributed by atoms with Crippen LogP contribution in [0, 0.1) is 0 Å². The van der Waals surface area contributed by atoms with Crippen LogP contribution < -0.4 is 11.1 Å². The summed E-state index contributed by atoms with van der Waals surface area (Å²) < 4.78 is 0. The molecular weight excluding hydrogens is 168 g/mol. The molecule has 0 amide bonds. The van der Waals surface area contributed by atoms with Gasteiger partial charge in [-0.15, -0.1) is 0 Å². The third-order valence-electron chi connectivity index (χ3n) is 2.20. The van der Waals surface area contributed by atoms with Crippen molar-refractivity contribution in [2.24, 2.45) is 0 Å². The smallest absolute Gasteiger partial charge is 0.223 e. The van der Waals surface area contributed by atoms with Crippen LogP contribution in [0.5, 0.6) is 0 Å². The molecule has 5 nitrogen and oxygen atoms in total. The summed E-state index contributed by atoms with van der Waals surface area (Å²) in [6.07, 6.45) is 5.03. The molecule has 1 aromatic rings. The summed E-state index contributed by atoms with van der Waals surface area (Å²) in [7, 11) is 0. The Morgan fingerprint density at radius 3 is 2.54 bits per heavy atom. The van der Waals surface area contributed by atoms with Gasteiger partial charge in [-0.05, 0) is 12.8 Å². The van der Waals surface area contributed by atoms with E-state index in [0.29, 0.717) is 11.6 Å². The summed E-state index contributed by atoms with van der Waals surface area (Å²) in [5, 5.41) is 12.1. The fourth-order valence-electron chi connectivity index (χ4n) is 1.11. The Labute approximate surface area is 76.0 Å². The van der Waals surface area contributed by atoms with Gasteiger partial charge in [0.15, 0.2) is 0 Å². The molecule has 0 atom stereocenters. The number of nitrogens with zero attached hydrogens (tertiary/aromatic N) is 2. The van der Waals surface area contributed by atoms with Crippen LogP contribution in [0.2, 0.25) is 0 Å². The average molecular weight is 180 g/mol. The number of nitrogens with one attached hydrogen (secondary N) is 1. The first-order valence-electron chi connectivity index (χ1n) is 4.21. The van der Waals surface area contributed by atoms with Gasteiger partial charge in [-0.1, -0.05) is 0 Å². The number of nitrogen functional groups attached to an aromatic ring is 1. The lowest BCUT2D eigenvalue weighted by Crippen LogP contribution is -2.26. The first-order valence-corrected chi connectivity index (χ1v) is 4.21. The van der Waals surface area contributed by atoms with E-state index < -0.39 is 0 Å². The maximum atomic E-state index is 9.03. The predicted molar refractivity (Wildman–Crippen MR) is 49.1 cm³/mol. The molecule has 1 saturated carbocycles. The minimum absolute atomic E-state index is 0.126. The molecule has 0 radical (unpaired) electrons. The van der Waals surface area contributed by atoms with E-state index in [1.165, 1.54) is 0 Å². The van der Waals surface area contributed by atoms with Gasteiger partial charge in [0.1, 0.15) is 0 Å². The van der Waals surface area contributed by atoms with Crippen molar-refractivity contribution in [3.8, 4) is 0 Å². The van der Waals surface area contributed by atoms with Crippen LogP contribution >= 0.6 is 0 Å². The van der Waals surface area contributed by atoms with Crippen molar-refractivity contribution < 1.29 is 5.11 Å². The zero-order chi connectivity index (χ0) is 9.31. The van der Waals surface area contributed by atoms with E-state index >= 15 is 0 Å². The van der Waals surface area contributed by atoms with E-state index in [4.69, 9.17) is 10.8 Å². The van der Waals surface area contributed by atoms with Crippen molar-refractivity contribution in [3.05, 3.63) is 12.4 Å². The largest absolute Gasteiger partial charge is 0.396 e. The molecule has 0 bridgehead atoms. The quantitative estimate of drug-likeness (QED) is 0.609. The van der Waals surface area contributed by atoms with Crippen molar-refractivity contribution in [2.75, 3.05) is 17.7 Å². The Balaban J connectivity index is 2.06. The Bertz CT molecular complexity index is 294. The van der Waals surface area contributed by atoms with Gasteiger partial charge in [0, 0.05) is 0 Å². The molecule has 13 heavy (non-hydrogen) atoms. The number of aliphatic hydroxyl groups excluding tert-OH is 1. The van der Waals surface area contributed by atoms with Crippen LogP contribution in [0.1, 0.15) is 12.8 Å². The molecule has 5 heteroatoms. The highest BCUT2D eigenvalue weighted by Gasteiger charge is 2.42. The van der Waals surface area contributed by atoms with Gasteiger partial charge in [-0.2, -0.15) is 0 Å². The summed E-state index contributed by atoms with van der Waals surface area (Å²) in [5.74, 6) is 0.528. The van der Waals surface area contributed by atoms with E-state index in [9.17, 15) is 0 Å². The normalized spacial score (nSPS) is 18.2. The molecule has 0 saturated heterocycles. The molecule has 0 aliphatic heterocycles. The molecule has 0 spiro atoms. The molecule has 1 aliphatic rings. The maximum Gasteiger partial charge on any atom is 0.223 e. The molecule has 1 aliphatic carbocycles. The van der Waals surface area contributed by atoms with Gasteiger partial charge in [0.05, 0.1) is 30.2 Å². The van der Waals surface area contributed by atoms with E-state index in [0.717, 1.165) is 12.8 Å². The topological polar surface area (TPSA) is 84.1 Å². The van der Waals surface area contributed by atoms with E-state index in [1.807, 2.05) is 0 Å². The Kier molecular flexibility index (Phi) is 1.81. The standard InChI is InChI=1S/C8H12N4O/c9-6-3-10-7(11-4-6)12-8(5-13)1-2-8/h3-4,13H,1-2,5,9H2,(H,10,11,12). The fraction of sp³-hybridized carbons (Fsp3) is 0.500. The first-order chi connectivity index (χ1) is 6.24. The third-order valence-corrected chi connectivity index (χ3v) is 2.20. The van der Waals surface area contributed by atoms with Gasteiger partial charge >= 0.3 is 0 Å². The van der Waals surface area contributed by atoms with E-state index in [2.05, 4.69) is 15.3 Å². The van der Waals surface area contributed by atoms with Gasteiger partial charge < -0.3 is 16.2 Å². The summed E-state index contributed by atoms with van der Waals surface area (Å²) in [5.41, 5.74) is 5.81. The lowest BCUT2D eigenvalue weighted by Gasteiger charge is -2.13. The number of aliphatic hydroxyl groups is 1. The van der Waals surface area contributed by atoms with Crippen LogP contribution in [0.25, 0.3) is 0 Å². The SMILES string of the molecule is Nc1cnc(NC2(CO)CC2)nc1. The van der Waals surface area contributed by atoms with Crippen molar-refractivity contribution >= 4 is 11.6 Å². The summed E-state index contributed by atoms with van der Waals surface area (Å²) in [4.78, 5) is 7.99. The number of hydrogen-bond donors (Lipinski definition) is 3. The van der Waals surface area contributed by atoms with Crippen LogP contribution in [0.4, 0.5) is 11.6 Å². The second-order valence-corrected chi connectivity index (χ2v) is 3.40. The Morgan fingerprint density at radius 2 is 2.08 bits per heavy atom. The zero-order valence-electron chi connectivity index (χ0n) is 7.20. The number of anilines is 2. The average Bonchev–Trinajstić information content (AvgIpc) is 2.90. The third kappa shape index (κ3) is 1.70. The van der Waals surface area contributed by atoms with E-state index in [-0.39, 0.29) is 12.1 Å². The second-order valence-electron chi connectivity index (χ2n) is 3.40. The Morgan fingerprint density at radius 1 is 1.46 bits per heavy atom. The van der Waals surface area contributed by atoms with Crippen LogP contribution in [-0.2, 0) is 0 Å². The molecule has 0 unspecified atom stereocenters. The van der Waals surface area contributed by atoms with E-state index in [1.54, 1.807) is 12.4 Å². The number of nitrogens with two attached hydrogens (primary N) is 1. The zero-order valence-corrected chi connectivity index (χ0v) is 7.20. The predicted octanol–water partition coefficient (Wildman–Crippen LogP) is -0.00440. The summed E-state index contributed by atoms with van der Waals surface area (Å²) in [6, 6.07) is 0. The molecule has 4 N–H and O–H groups in total. The van der Waals surface area contributed by atoms with Crippen molar-refractivity contribution in [2.45, 2.75) is 18.4 Å². The second kappa shape index (κ2) is 2.85. The number of hydrogen-bond acceptors (Lipinski definition) is 5. The summed E-state index contributed by atoms with van der Waals surface area (Å²) >= 11 is 0. The molecule has 1 aromatic heterocycles. The minimum Gasteiger partial charge on any atom is -0.396 e. The number of aromatic nitrogens is 2. The molecule has 1 heterocycles. The van der Waals surface area contributed by atoms with Gasteiger partial charge in [0.25, 0.3) is 0 Å². The lowest BCUT2D eigenvalue weighted by atomic mass is 10.3. The highest BCUT2D eigenvalue weighted by Crippen LogP contribution is 2.37. The van der Waals surface area contributed by atoms with Crippen molar-refractivity contribution in [3.63, 3.8) is 0 Å². The lowest BCUT2D eigenvalue weighted by molar-refractivity contribution is 0.265. The monoisotopic (exact) mass is 180 g/mol. The minimum atomic E-state index is -0.171. The molecular formula is C8H12N4O. The molecule has 1 fully saturated rings. The fourth-order valence-corrected chi connectivity index (χ4v) is 1.11. The number of rotatable bonds is 3. The highest BCUT2D eigenvalue weighted by molar-refractivity contribution is 5.39. The van der Waals surface area contributed by atoms with Crippen LogP contribution in [-0.4, -0.2) is 27.2 Å². The van der Waals surface area contributed by atoms with Crippen LogP contribution in [0.15, 0.2) is 12.4 Å². The van der Waals surface area contributed by atoms with Gasteiger partial charge in [-0.25, -0.2) is 9.97 Å². The summed E-state index contributed by atoms with van der Waals surface area (Å²) in [6.45, 7) is 0.126. The molecule has 2 rings (SSSR count). The molecule has 0 aromatic carbocycles. The van der Waals surface area contributed by atoms with Gasteiger partial charge in [-0.3, -0.25) is 0 Å².